The number of ether oxygens (including phenoxy) is 1. The van der Waals surface area contributed by atoms with Crippen LogP contribution in [0.2, 0.25) is 0 Å². The molecule has 0 bridgehead atoms. The van der Waals surface area contributed by atoms with Gasteiger partial charge < -0.3 is 4.74 Å². The highest BCUT2D eigenvalue weighted by Crippen LogP contribution is 2.36. The van der Waals surface area contributed by atoms with E-state index in [0.717, 1.165) is 18.4 Å². The third kappa shape index (κ3) is 4.49. The van der Waals surface area contributed by atoms with Crippen molar-refractivity contribution in [3.05, 3.63) is 47.5 Å². The number of rotatable bonds is 6. The van der Waals surface area contributed by atoms with E-state index in [0.29, 0.717) is 0 Å². The average Bonchev–Trinajstić information content (AvgIpc) is 2.49. The molecule has 0 amide bonds. The molecule has 0 N–H and O–H groups in total. The van der Waals surface area contributed by atoms with Crippen LogP contribution in [0.25, 0.3) is 0 Å². The van der Waals surface area contributed by atoms with E-state index in [-0.39, 0.29) is 0 Å². The Morgan fingerprint density at radius 1 is 1.10 bits per heavy atom. The van der Waals surface area contributed by atoms with Gasteiger partial charge in [0.05, 0.1) is 6.61 Å². The number of benzene rings is 1. The number of hydrogen-bond acceptors (Lipinski definition) is 1. The highest BCUT2D eigenvalue weighted by molar-refractivity contribution is 5.26. The third-order valence-electron chi connectivity index (χ3n) is 4.43. The van der Waals surface area contributed by atoms with E-state index in [9.17, 15) is 0 Å². The van der Waals surface area contributed by atoms with Gasteiger partial charge in [-0.15, -0.1) is 0 Å². The van der Waals surface area contributed by atoms with Gasteiger partial charge in [0, 0.05) is 7.11 Å². The third-order valence-corrected chi connectivity index (χ3v) is 4.43. The van der Waals surface area contributed by atoms with Crippen molar-refractivity contribution >= 4 is 0 Å². The number of hydrogen-bond donors (Lipinski definition) is 0. The van der Waals surface area contributed by atoms with Gasteiger partial charge in [-0.1, -0.05) is 49.8 Å². The topological polar surface area (TPSA) is 9.23 Å². The molecule has 1 aliphatic rings. The van der Waals surface area contributed by atoms with E-state index in [2.05, 4.69) is 43.3 Å². The molecule has 2 rings (SSSR count). The first-order chi connectivity index (χ1) is 9.83. The second-order valence-electron chi connectivity index (χ2n) is 5.99. The van der Waals surface area contributed by atoms with Crippen LogP contribution in [0.3, 0.4) is 0 Å². The summed E-state index contributed by atoms with van der Waals surface area (Å²) in [5.74, 6) is 1.54. The number of aryl methyl sites for hydroxylation is 1. The van der Waals surface area contributed by atoms with Crippen molar-refractivity contribution < 1.29 is 4.74 Å². The molecule has 1 aliphatic carbocycles. The van der Waals surface area contributed by atoms with Crippen LogP contribution >= 0.6 is 0 Å². The first kappa shape index (κ1) is 15.3. The molecular weight excluding hydrogens is 244 g/mol. The van der Waals surface area contributed by atoms with E-state index >= 15 is 0 Å². The molecule has 0 heterocycles. The maximum atomic E-state index is 5.07. The van der Waals surface area contributed by atoms with Crippen LogP contribution in [0, 0.1) is 5.92 Å². The first-order valence-corrected chi connectivity index (χ1v) is 8.08. The number of methoxy groups -OCH3 is 1. The molecule has 20 heavy (non-hydrogen) atoms. The van der Waals surface area contributed by atoms with Crippen molar-refractivity contribution in [3.63, 3.8) is 0 Å². The van der Waals surface area contributed by atoms with Crippen molar-refractivity contribution in [1.29, 1.82) is 0 Å². The van der Waals surface area contributed by atoms with Gasteiger partial charge in [-0.25, -0.2) is 0 Å². The lowest BCUT2D eigenvalue weighted by molar-refractivity contribution is 0.233. The van der Waals surface area contributed by atoms with Gasteiger partial charge in [-0.3, -0.25) is 0 Å². The Morgan fingerprint density at radius 2 is 1.80 bits per heavy atom. The van der Waals surface area contributed by atoms with Gasteiger partial charge in [0.15, 0.2) is 0 Å². The molecule has 1 nitrogen and oxygen atoms in total. The molecule has 1 aromatic rings. The lowest BCUT2D eigenvalue weighted by Crippen LogP contribution is -2.11. The highest BCUT2D eigenvalue weighted by Gasteiger charge is 2.20. The van der Waals surface area contributed by atoms with Gasteiger partial charge in [-0.2, -0.15) is 0 Å². The van der Waals surface area contributed by atoms with Crippen LogP contribution in [0.5, 0.6) is 0 Å². The minimum atomic E-state index is 0.749. The quantitative estimate of drug-likeness (QED) is 0.653. The smallest absolute Gasteiger partial charge is 0.0643 e. The molecule has 0 unspecified atom stereocenters. The lowest BCUT2D eigenvalue weighted by Gasteiger charge is -2.27. The minimum absolute atomic E-state index is 0.749. The van der Waals surface area contributed by atoms with Crippen LogP contribution in [0.4, 0.5) is 0 Å². The van der Waals surface area contributed by atoms with Crippen molar-refractivity contribution in [2.45, 2.75) is 51.4 Å². The van der Waals surface area contributed by atoms with Gasteiger partial charge in [0.25, 0.3) is 0 Å². The fourth-order valence-electron chi connectivity index (χ4n) is 3.23. The zero-order valence-corrected chi connectivity index (χ0v) is 13.0. The van der Waals surface area contributed by atoms with E-state index in [1.54, 1.807) is 12.7 Å². The van der Waals surface area contributed by atoms with Gasteiger partial charge >= 0.3 is 0 Å². The standard InChI is InChI=1S/C19H28O/c1-3-5-16-7-11-18(12-8-16)19-13-9-17(10-14-19)6-4-15-20-2/h4,6-8,11-12,17,19H,3,5,9-10,13-15H2,1-2H3/t17-,19-. The first-order valence-electron chi connectivity index (χ1n) is 8.08. The Kier molecular flexibility index (Phi) is 6.32. The van der Waals surface area contributed by atoms with E-state index in [1.807, 2.05) is 0 Å². The maximum Gasteiger partial charge on any atom is 0.0643 e. The van der Waals surface area contributed by atoms with Crippen molar-refractivity contribution in [2.24, 2.45) is 5.92 Å². The summed E-state index contributed by atoms with van der Waals surface area (Å²) in [5.41, 5.74) is 3.02. The largest absolute Gasteiger partial charge is 0.381 e. The predicted octanol–water partition coefficient (Wildman–Crippen LogP) is 5.12. The minimum Gasteiger partial charge on any atom is -0.381 e. The normalized spacial score (nSPS) is 23.3. The molecule has 110 valence electrons. The molecule has 1 fully saturated rings. The van der Waals surface area contributed by atoms with Crippen LogP contribution in [-0.4, -0.2) is 13.7 Å². The van der Waals surface area contributed by atoms with Gasteiger partial charge in [0.1, 0.15) is 0 Å². The summed E-state index contributed by atoms with van der Waals surface area (Å²) >= 11 is 0. The fraction of sp³-hybridized carbons (Fsp3) is 0.579. The summed E-state index contributed by atoms with van der Waals surface area (Å²) in [5, 5.41) is 0. The van der Waals surface area contributed by atoms with E-state index < -0.39 is 0 Å². The molecule has 0 atom stereocenters. The molecule has 0 saturated heterocycles. The Labute approximate surface area is 124 Å². The zero-order valence-electron chi connectivity index (χ0n) is 13.0. The van der Waals surface area contributed by atoms with Gasteiger partial charge in [-0.05, 0) is 55.1 Å². The second kappa shape index (κ2) is 8.26. The van der Waals surface area contributed by atoms with Gasteiger partial charge in [0.2, 0.25) is 0 Å². The Balaban J connectivity index is 1.83. The molecule has 1 saturated carbocycles. The zero-order chi connectivity index (χ0) is 14.2. The molecule has 0 radical (unpaired) electrons. The predicted molar refractivity (Wildman–Crippen MR) is 86.2 cm³/mol. The highest BCUT2D eigenvalue weighted by atomic mass is 16.5. The molecule has 0 aromatic heterocycles. The van der Waals surface area contributed by atoms with Crippen molar-refractivity contribution in [2.75, 3.05) is 13.7 Å². The molecule has 0 spiro atoms. The monoisotopic (exact) mass is 272 g/mol. The molecule has 1 heteroatoms. The summed E-state index contributed by atoms with van der Waals surface area (Å²) in [6, 6.07) is 9.36. The van der Waals surface area contributed by atoms with Crippen LogP contribution < -0.4 is 0 Å². The summed E-state index contributed by atoms with van der Waals surface area (Å²) in [6.07, 6.45) is 12.3. The van der Waals surface area contributed by atoms with Crippen molar-refractivity contribution in [1.82, 2.24) is 0 Å². The molecule has 1 aromatic carbocycles. The Bertz CT molecular complexity index is 396. The van der Waals surface area contributed by atoms with Crippen molar-refractivity contribution in [3.8, 4) is 0 Å². The van der Waals surface area contributed by atoms with E-state index in [1.165, 1.54) is 44.1 Å². The summed E-state index contributed by atoms with van der Waals surface area (Å²) < 4.78 is 5.07. The van der Waals surface area contributed by atoms with Crippen LogP contribution in [0.1, 0.15) is 56.1 Å². The number of allylic oxidation sites excluding steroid dienone is 1. The average molecular weight is 272 g/mol. The van der Waals surface area contributed by atoms with E-state index in [4.69, 9.17) is 4.74 Å². The SMILES string of the molecule is CCCc1ccc([C@H]2CC[C@H](C=CCOC)CC2)cc1. The molecule has 0 aliphatic heterocycles. The summed E-state index contributed by atoms with van der Waals surface area (Å²) in [4.78, 5) is 0. The Morgan fingerprint density at radius 3 is 2.40 bits per heavy atom. The van der Waals surface area contributed by atoms with Crippen LogP contribution in [0.15, 0.2) is 36.4 Å². The second-order valence-corrected chi connectivity index (χ2v) is 5.99. The fourth-order valence-corrected chi connectivity index (χ4v) is 3.23. The summed E-state index contributed by atoms with van der Waals surface area (Å²) in [6.45, 7) is 2.99. The lowest BCUT2D eigenvalue weighted by atomic mass is 9.78. The maximum absolute atomic E-state index is 5.07. The Hall–Kier alpha value is -1.08. The molecular formula is C19H28O. The summed E-state index contributed by atoms with van der Waals surface area (Å²) in [7, 11) is 1.75. The van der Waals surface area contributed by atoms with Crippen LogP contribution in [-0.2, 0) is 11.2 Å².